The summed E-state index contributed by atoms with van der Waals surface area (Å²) in [6.07, 6.45) is 6.32. The zero-order valence-electron chi connectivity index (χ0n) is 9.32. The van der Waals surface area contributed by atoms with E-state index in [1.807, 2.05) is 23.1 Å². The van der Waals surface area contributed by atoms with Gasteiger partial charge in [0, 0.05) is 24.5 Å². The van der Waals surface area contributed by atoms with Gasteiger partial charge in [0.2, 0.25) is 0 Å². The van der Waals surface area contributed by atoms with Crippen LogP contribution in [0.5, 0.6) is 0 Å². The summed E-state index contributed by atoms with van der Waals surface area (Å²) in [5, 5.41) is 11.2. The van der Waals surface area contributed by atoms with Gasteiger partial charge in [0.25, 0.3) is 0 Å². The smallest absolute Gasteiger partial charge is 0.0560 e. The highest BCUT2D eigenvalue weighted by atomic mass is 15.3. The summed E-state index contributed by atoms with van der Waals surface area (Å²) in [7, 11) is 0. The Labute approximate surface area is 91.1 Å². The maximum Gasteiger partial charge on any atom is 0.0560 e. The molecule has 2 rings (SSSR count). The molecular formula is C11H20N4. The monoisotopic (exact) mass is 208 g/mol. The molecule has 1 atom stereocenters. The van der Waals surface area contributed by atoms with Crippen molar-refractivity contribution in [3.8, 4) is 0 Å². The van der Waals surface area contributed by atoms with Gasteiger partial charge < -0.3 is 10.6 Å². The number of nitrogens with one attached hydrogen (secondary N) is 2. The molecule has 0 radical (unpaired) electrons. The first-order valence-corrected chi connectivity index (χ1v) is 5.79. The maximum absolute atomic E-state index is 4.21. The van der Waals surface area contributed by atoms with Crippen molar-refractivity contribution in [2.45, 2.75) is 38.4 Å². The minimum atomic E-state index is 0.494. The zero-order chi connectivity index (χ0) is 10.5. The number of rotatable bonds is 4. The van der Waals surface area contributed by atoms with Gasteiger partial charge in [-0.25, -0.2) is 0 Å². The van der Waals surface area contributed by atoms with Crippen molar-refractivity contribution in [2.75, 3.05) is 13.1 Å². The van der Waals surface area contributed by atoms with Crippen LogP contribution >= 0.6 is 0 Å². The van der Waals surface area contributed by atoms with Crippen molar-refractivity contribution in [3.63, 3.8) is 0 Å². The second-order valence-corrected chi connectivity index (χ2v) is 4.32. The summed E-state index contributed by atoms with van der Waals surface area (Å²) in [5.41, 5.74) is 0. The van der Waals surface area contributed by atoms with E-state index in [1.54, 1.807) is 0 Å². The molecule has 0 amide bonds. The molecule has 1 aromatic heterocycles. The molecule has 4 nitrogen and oxygen atoms in total. The van der Waals surface area contributed by atoms with Crippen LogP contribution in [0.2, 0.25) is 0 Å². The Hall–Kier alpha value is -0.870. The number of hydrogen-bond donors (Lipinski definition) is 2. The molecule has 2 heterocycles. The topological polar surface area (TPSA) is 41.9 Å². The van der Waals surface area contributed by atoms with Gasteiger partial charge in [-0.05, 0) is 38.9 Å². The Morgan fingerprint density at radius 2 is 2.33 bits per heavy atom. The van der Waals surface area contributed by atoms with E-state index in [0.29, 0.717) is 12.1 Å². The van der Waals surface area contributed by atoms with Crippen LogP contribution in [0.1, 0.15) is 19.8 Å². The Kier molecular flexibility index (Phi) is 3.75. The Morgan fingerprint density at radius 3 is 3.00 bits per heavy atom. The highest BCUT2D eigenvalue weighted by Gasteiger charge is 2.14. The quantitative estimate of drug-likeness (QED) is 0.762. The first-order valence-electron chi connectivity index (χ1n) is 5.79. The van der Waals surface area contributed by atoms with Gasteiger partial charge in [-0.2, -0.15) is 5.10 Å². The number of hydrogen-bond acceptors (Lipinski definition) is 3. The van der Waals surface area contributed by atoms with E-state index in [9.17, 15) is 0 Å². The first kappa shape index (κ1) is 10.6. The predicted octanol–water partition coefficient (Wildman–Crippen LogP) is 0.613. The van der Waals surface area contributed by atoms with Gasteiger partial charge in [-0.15, -0.1) is 0 Å². The Bertz CT molecular complexity index is 264. The molecule has 4 heteroatoms. The second kappa shape index (κ2) is 5.28. The number of nitrogens with zero attached hydrogens (tertiary/aromatic N) is 2. The average molecular weight is 208 g/mol. The van der Waals surface area contributed by atoms with Crippen LogP contribution in [0.25, 0.3) is 0 Å². The summed E-state index contributed by atoms with van der Waals surface area (Å²) in [6, 6.07) is 3.14. The standard InChI is InChI=1S/C11H20N4/c1-10(9-15-8-2-5-13-15)14-11-3-6-12-7-4-11/h2,5,8,10-12,14H,3-4,6-7,9H2,1H3. The third-order valence-corrected chi connectivity index (χ3v) is 2.88. The normalized spacial score (nSPS) is 20.3. The minimum Gasteiger partial charge on any atom is -0.317 e. The van der Waals surface area contributed by atoms with E-state index in [2.05, 4.69) is 22.7 Å². The van der Waals surface area contributed by atoms with Crippen LogP contribution in [-0.4, -0.2) is 35.0 Å². The van der Waals surface area contributed by atoms with E-state index in [0.717, 1.165) is 19.6 Å². The van der Waals surface area contributed by atoms with Gasteiger partial charge in [0.1, 0.15) is 0 Å². The zero-order valence-corrected chi connectivity index (χ0v) is 9.32. The van der Waals surface area contributed by atoms with Crippen molar-refractivity contribution in [1.82, 2.24) is 20.4 Å². The predicted molar refractivity (Wildman–Crippen MR) is 60.7 cm³/mol. The lowest BCUT2D eigenvalue weighted by molar-refractivity contribution is 0.333. The highest BCUT2D eigenvalue weighted by molar-refractivity contribution is 4.81. The maximum atomic E-state index is 4.21. The van der Waals surface area contributed by atoms with E-state index in [-0.39, 0.29) is 0 Å². The largest absolute Gasteiger partial charge is 0.317 e. The summed E-state index contributed by atoms with van der Waals surface area (Å²) >= 11 is 0. The van der Waals surface area contributed by atoms with Crippen LogP contribution in [0.15, 0.2) is 18.5 Å². The van der Waals surface area contributed by atoms with Crippen molar-refractivity contribution in [1.29, 1.82) is 0 Å². The average Bonchev–Trinajstić information content (AvgIpc) is 2.71. The van der Waals surface area contributed by atoms with Crippen LogP contribution in [0.3, 0.4) is 0 Å². The fourth-order valence-corrected chi connectivity index (χ4v) is 2.13. The minimum absolute atomic E-state index is 0.494. The molecule has 2 N–H and O–H groups in total. The lowest BCUT2D eigenvalue weighted by Crippen LogP contribution is -2.45. The molecule has 1 aromatic rings. The van der Waals surface area contributed by atoms with Gasteiger partial charge in [-0.1, -0.05) is 0 Å². The first-order chi connectivity index (χ1) is 7.34. The van der Waals surface area contributed by atoms with Crippen LogP contribution in [-0.2, 0) is 6.54 Å². The molecule has 0 bridgehead atoms. The molecule has 1 saturated heterocycles. The van der Waals surface area contributed by atoms with Gasteiger partial charge in [0.15, 0.2) is 0 Å². The number of piperidine rings is 1. The number of aromatic nitrogens is 2. The molecule has 0 aliphatic carbocycles. The third kappa shape index (κ3) is 3.32. The molecule has 0 spiro atoms. The molecule has 15 heavy (non-hydrogen) atoms. The Balaban J connectivity index is 1.74. The van der Waals surface area contributed by atoms with Gasteiger partial charge in [-0.3, -0.25) is 4.68 Å². The molecule has 84 valence electrons. The Morgan fingerprint density at radius 1 is 1.53 bits per heavy atom. The molecule has 1 aliphatic rings. The SMILES string of the molecule is CC(Cn1cccn1)NC1CCNCC1. The van der Waals surface area contributed by atoms with Crippen molar-refractivity contribution < 1.29 is 0 Å². The molecule has 1 fully saturated rings. The second-order valence-electron chi connectivity index (χ2n) is 4.32. The summed E-state index contributed by atoms with van der Waals surface area (Å²) in [4.78, 5) is 0. The summed E-state index contributed by atoms with van der Waals surface area (Å²) < 4.78 is 1.98. The molecular weight excluding hydrogens is 188 g/mol. The third-order valence-electron chi connectivity index (χ3n) is 2.88. The summed E-state index contributed by atoms with van der Waals surface area (Å²) in [5.74, 6) is 0. The molecule has 0 saturated carbocycles. The van der Waals surface area contributed by atoms with Gasteiger partial charge in [0.05, 0.1) is 6.54 Å². The fraction of sp³-hybridized carbons (Fsp3) is 0.727. The molecule has 0 aromatic carbocycles. The van der Waals surface area contributed by atoms with Crippen molar-refractivity contribution in [2.24, 2.45) is 0 Å². The fourth-order valence-electron chi connectivity index (χ4n) is 2.13. The van der Waals surface area contributed by atoms with Crippen molar-refractivity contribution >= 4 is 0 Å². The highest BCUT2D eigenvalue weighted by Crippen LogP contribution is 2.03. The van der Waals surface area contributed by atoms with E-state index < -0.39 is 0 Å². The van der Waals surface area contributed by atoms with Crippen molar-refractivity contribution in [3.05, 3.63) is 18.5 Å². The van der Waals surface area contributed by atoms with Crippen LogP contribution in [0, 0.1) is 0 Å². The lowest BCUT2D eigenvalue weighted by Gasteiger charge is -2.27. The van der Waals surface area contributed by atoms with E-state index >= 15 is 0 Å². The molecule has 1 unspecified atom stereocenters. The van der Waals surface area contributed by atoms with Gasteiger partial charge >= 0.3 is 0 Å². The van der Waals surface area contributed by atoms with Crippen LogP contribution in [0.4, 0.5) is 0 Å². The van der Waals surface area contributed by atoms with E-state index in [4.69, 9.17) is 0 Å². The molecule has 1 aliphatic heterocycles. The van der Waals surface area contributed by atoms with E-state index in [1.165, 1.54) is 12.8 Å². The lowest BCUT2D eigenvalue weighted by atomic mass is 10.1. The summed E-state index contributed by atoms with van der Waals surface area (Å²) in [6.45, 7) is 5.47. The van der Waals surface area contributed by atoms with Crippen LogP contribution < -0.4 is 10.6 Å².